The van der Waals surface area contributed by atoms with Crippen molar-refractivity contribution in [2.75, 3.05) is 50.1 Å². The maximum atomic E-state index is 12.7. The lowest BCUT2D eigenvalue weighted by Crippen LogP contribution is -3.15. The van der Waals surface area contributed by atoms with Crippen molar-refractivity contribution in [1.82, 2.24) is 0 Å². The van der Waals surface area contributed by atoms with Crippen LogP contribution in [-0.2, 0) is 17.6 Å². The van der Waals surface area contributed by atoms with Gasteiger partial charge in [0.05, 0.1) is 39.0 Å². The van der Waals surface area contributed by atoms with Gasteiger partial charge in [0.25, 0.3) is 5.91 Å². The van der Waals surface area contributed by atoms with E-state index in [2.05, 4.69) is 48.3 Å². The van der Waals surface area contributed by atoms with Crippen LogP contribution < -0.4 is 19.9 Å². The molecule has 1 aliphatic rings. The number of piperazine rings is 1. The first-order valence-corrected chi connectivity index (χ1v) is 10.3. The first-order valence-electron chi connectivity index (χ1n) is 10.3. The zero-order valence-electron chi connectivity index (χ0n) is 17.3. The summed E-state index contributed by atoms with van der Waals surface area (Å²) in [6, 6.07) is 14.4. The maximum Gasteiger partial charge on any atom is 0.279 e. The molecule has 0 aromatic heterocycles. The molecule has 0 atom stereocenters. The number of rotatable bonds is 7. The number of amides is 1. The summed E-state index contributed by atoms with van der Waals surface area (Å²) >= 11 is 0. The Kier molecular flexibility index (Phi) is 6.93. The number of para-hydroxylation sites is 3. The number of ether oxygens (including phenoxy) is 1. The Bertz CT molecular complexity index is 776. The van der Waals surface area contributed by atoms with Crippen LogP contribution in [0.4, 0.5) is 11.4 Å². The Labute approximate surface area is 168 Å². The zero-order valence-corrected chi connectivity index (χ0v) is 17.3. The van der Waals surface area contributed by atoms with Gasteiger partial charge in [-0.15, -0.1) is 0 Å². The molecule has 0 spiro atoms. The highest BCUT2D eigenvalue weighted by Gasteiger charge is 2.24. The zero-order chi connectivity index (χ0) is 19.9. The van der Waals surface area contributed by atoms with E-state index < -0.39 is 0 Å². The Hall–Kier alpha value is -2.53. The molecule has 5 nitrogen and oxygen atoms in total. The van der Waals surface area contributed by atoms with Crippen LogP contribution in [0.1, 0.15) is 25.0 Å². The van der Waals surface area contributed by atoms with Crippen LogP contribution in [0.2, 0.25) is 0 Å². The van der Waals surface area contributed by atoms with E-state index in [4.69, 9.17) is 4.74 Å². The monoisotopic (exact) mass is 382 g/mol. The highest BCUT2D eigenvalue weighted by molar-refractivity contribution is 5.93. The molecule has 5 heteroatoms. The average molecular weight is 383 g/mol. The molecule has 0 unspecified atom stereocenters. The number of anilines is 2. The van der Waals surface area contributed by atoms with Gasteiger partial charge in [-0.25, -0.2) is 0 Å². The lowest BCUT2D eigenvalue weighted by atomic mass is 10.0. The molecule has 0 aliphatic carbocycles. The number of carbonyl (C=O) groups is 1. The second-order valence-corrected chi connectivity index (χ2v) is 7.29. The molecule has 1 fully saturated rings. The van der Waals surface area contributed by atoms with E-state index in [1.165, 1.54) is 16.0 Å². The number of hydrogen-bond donors (Lipinski definition) is 2. The quantitative estimate of drug-likeness (QED) is 0.772. The summed E-state index contributed by atoms with van der Waals surface area (Å²) in [5.41, 5.74) is 4.58. The molecule has 2 N–H and O–H groups in total. The Morgan fingerprint density at radius 2 is 1.68 bits per heavy atom. The largest absolute Gasteiger partial charge is 0.495 e. The Morgan fingerprint density at radius 1 is 1.04 bits per heavy atom. The normalized spacial score (nSPS) is 14.8. The summed E-state index contributed by atoms with van der Waals surface area (Å²) in [6.07, 6.45) is 1.85. The van der Waals surface area contributed by atoms with E-state index in [9.17, 15) is 4.79 Å². The maximum absolute atomic E-state index is 12.7. The Balaban J connectivity index is 1.57. The number of aryl methyl sites for hydroxylation is 2. The third-order valence-corrected chi connectivity index (χ3v) is 5.57. The average Bonchev–Trinajstić information content (AvgIpc) is 2.74. The molecule has 3 rings (SSSR count). The van der Waals surface area contributed by atoms with Crippen molar-refractivity contribution >= 4 is 17.3 Å². The van der Waals surface area contributed by atoms with Crippen molar-refractivity contribution in [1.29, 1.82) is 0 Å². The van der Waals surface area contributed by atoms with Gasteiger partial charge >= 0.3 is 0 Å². The van der Waals surface area contributed by atoms with Gasteiger partial charge in [0.2, 0.25) is 0 Å². The molecule has 28 heavy (non-hydrogen) atoms. The van der Waals surface area contributed by atoms with E-state index in [-0.39, 0.29) is 5.91 Å². The van der Waals surface area contributed by atoms with Crippen molar-refractivity contribution in [2.24, 2.45) is 0 Å². The molecule has 0 saturated carbocycles. The third-order valence-electron chi connectivity index (χ3n) is 5.57. The summed E-state index contributed by atoms with van der Waals surface area (Å²) in [4.78, 5) is 16.4. The van der Waals surface area contributed by atoms with E-state index in [1.54, 1.807) is 7.11 Å². The van der Waals surface area contributed by atoms with Gasteiger partial charge in [-0.2, -0.15) is 0 Å². The molecule has 0 radical (unpaired) electrons. The summed E-state index contributed by atoms with van der Waals surface area (Å²) in [5.74, 6) is 1.02. The van der Waals surface area contributed by atoms with Gasteiger partial charge in [0.1, 0.15) is 5.75 Å². The van der Waals surface area contributed by atoms with Crippen LogP contribution in [0.15, 0.2) is 42.5 Å². The van der Waals surface area contributed by atoms with Crippen molar-refractivity contribution in [2.45, 2.75) is 26.7 Å². The van der Waals surface area contributed by atoms with E-state index in [1.807, 2.05) is 18.2 Å². The molecular weight excluding hydrogens is 350 g/mol. The van der Waals surface area contributed by atoms with Gasteiger partial charge < -0.3 is 19.9 Å². The molecule has 1 saturated heterocycles. The van der Waals surface area contributed by atoms with Crippen LogP contribution in [0.25, 0.3) is 0 Å². The number of carbonyl (C=O) groups excluding carboxylic acids is 1. The topological polar surface area (TPSA) is 46.0 Å². The second kappa shape index (κ2) is 9.60. The highest BCUT2D eigenvalue weighted by atomic mass is 16.5. The molecule has 2 aromatic rings. The first kappa shape index (κ1) is 20.2. The SMILES string of the molecule is CCc1cccc(CC)c1NC(=O)C[NH+]1CCN(c2ccccc2OC)CC1. The minimum atomic E-state index is 0.108. The van der Waals surface area contributed by atoms with Crippen molar-refractivity contribution in [3.8, 4) is 5.75 Å². The van der Waals surface area contributed by atoms with Crippen LogP contribution in [0.3, 0.4) is 0 Å². The van der Waals surface area contributed by atoms with Gasteiger partial charge in [0, 0.05) is 5.69 Å². The summed E-state index contributed by atoms with van der Waals surface area (Å²) in [5, 5.41) is 3.20. The molecule has 2 aromatic carbocycles. The van der Waals surface area contributed by atoms with Gasteiger partial charge in [-0.1, -0.05) is 44.2 Å². The number of nitrogens with zero attached hydrogens (tertiary/aromatic N) is 1. The van der Waals surface area contributed by atoms with Crippen molar-refractivity contribution < 1.29 is 14.4 Å². The van der Waals surface area contributed by atoms with Crippen molar-refractivity contribution in [3.05, 3.63) is 53.6 Å². The smallest absolute Gasteiger partial charge is 0.279 e. The van der Waals surface area contributed by atoms with E-state index in [0.717, 1.165) is 56.1 Å². The van der Waals surface area contributed by atoms with Gasteiger partial charge in [-0.3, -0.25) is 4.79 Å². The fourth-order valence-electron chi connectivity index (χ4n) is 3.95. The minimum absolute atomic E-state index is 0.108. The highest BCUT2D eigenvalue weighted by Crippen LogP contribution is 2.27. The van der Waals surface area contributed by atoms with Crippen LogP contribution in [-0.4, -0.2) is 45.7 Å². The summed E-state index contributed by atoms with van der Waals surface area (Å²) < 4.78 is 5.49. The van der Waals surface area contributed by atoms with E-state index >= 15 is 0 Å². The molecule has 1 amide bonds. The number of methoxy groups -OCH3 is 1. The standard InChI is InChI=1S/C23H31N3O2/c1-4-18-9-8-10-19(5-2)23(18)24-22(27)17-25-13-15-26(16-14-25)20-11-6-7-12-21(20)28-3/h6-12H,4-5,13-17H2,1-3H3,(H,24,27)/p+1. The molecular formula is C23H32N3O2+. The fraction of sp³-hybridized carbons (Fsp3) is 0.435. The van der Waals surface area contributed by atoms with Gasteiger partial charge in [-0.05, 0) is 36.1 Å². The molecule has 0 bridgehead atoms. The van der Waals surface area contributed by atoms with Gasteiger partial charge in [0.15, 0.2) is 6.54 Å². The van der Waals surface area contributed by atoms with Crippen LogP contribution in [0.5, 0.6) is 5.75 Å². The predicted molar refractivity (Wildman–Crippen MR) is 115 cm³/mol. The number of nitrogens with one attached hydrogen (secondary N) is 2. The molecule has 1 heterocycles. The number of hydrogen-bond acceptors (Lipinski definition) is 3. The Morgan fingerprint density at radius 3 is 2.29 bits per heavy atom. The lowest BCUT2D eigenvalue weighted by Gasteiger charge is -2.34. The first-order chi connectivity index (χ1) is 13.7. The number of benzene rings is 2. The second-order valence-electron chi connectivity index (χ2n) is 7.29. The number of quaternary nitrogens is 1. The van der Waals surface area contributed by atoms with Crippen LogP contribution >= 0.6 is 0 Å². The molecule has 1 aliphatic heterocycles. The third kappa shape index (κ3) is 4.65. The van der Waals surface area contributed by atoms with E-state index in [0.29, 0.717) is 6.54 Å². The predicted octanol–water partition coefficient (Wildman–Crippen LogP) is 2.16. The van der Waals surface area contributed by atoms with Crippen LogP contribution in [0, 0.1) is 0 Å². The summed E-state index contributed by atoms with van der Waals surface area (Å²) in [7, 11) is 1.71. The lowest BCUT2D eigenvalue weighted by molar-refractivity contribution is -0.892. The fourth-order valence-corrected chi connectivity index (χ4v) is 3.95. The minimum Gasteiger partial charge on any atom is -0.495 e. The van der Waals surface area contributed by atoms with Crippen molar-refractivity contribution in [3.63, 3.8) is 0 Å². The molecule has 150 valence electrons. The summed E-state index contributed by atoms with van der Waals surface area (Å²) in [6.45, 7) is 8.52.